The molecule has 112 valence electrons. The number of carbonyl (C=O) groups is 1. The van der Waals surface area contributed by atoms with Crippen molar-refractivity contribution in [2.75, 3.05) is 26.7 Å². The minimum Gasteiger partial charge on any atom is -0.479 e. The van der Waals surface area contributed by atoms with Gasteiger partial charge in [0, 0.05) is 12.6 Å². The van der Waals surface area contributed by atoms with E-state index in [9.17, 15) is 4.79 Å². The molecule has 1 saturated heterocycles. The Labute approximate surface area is 116 Å². The molecule has 0 saturated carbocycles. The number of nitrogens with zero attached hydrogens (tertiary/aromatic N) is 1. The zero-order valence-corrected chi connectivity index (χ0v) is 12.4. The lowest BCUT2D eigenvalue weighted by Gasteiger charge is -2.20. The van der Waals surface area contributed by atoms with Gasteiger partial charge in [0.1, 0.15) is 0 Å². The Balaban J connectivity index is 1.96. The minimum atomic E-state index is -0.834. The summed E-state index contributed by atoms with van der Waals surface area (Å²) in [6.45, 7) is 7.27. The van der Waals surface area contributed by atoms with Crippen LogP contribution in [0.5, 0.6) is 0 Å². The number of nitrogens with one attached hydrogen (secondary N) is 1. The maximum absolute atomic E-state index is 10.7. The molecule has 0 bridgehead atoms. The summed E-state index contributed by atoms with van der Waals surface area (Å²) in [4.78, 5) is 13.1. The van der Waals surface area contributed by atoms with Crippen LogP contribution in [0.4, 0.5) is 0 Å². The highest BCUT2D eigenvalue weighted by atomic mass is 16.5. The number of hydrogen-bond acceptors (Lipinski definition) is 4. The number of carboxylic acid groups (broad SMARTS) is 1. The van der Waals surface area contributed by atoms with Gasteiger partial charge in [0.05, 0.1) is 6.10 Å². The SMILES string of the molecule is CC(C)N(C)CCCCNCC1CCC(C(=O)O)O1. The van der Waals surface area contributed by atoms with Gasteiger partial charge >= 0.3 is 5.97 Å². The van der Waals surface area contributed by atoms with Crippen LogP contribution in [0.3, 0.4) is 0 Å². The minimum absolute atomic E-state index is 0.0689. The van der Waals surface area contributed by atoms with Crippen LogP contribution in [0.1, 0.15) is 39.5 Å². The fraction of sp³-hybridized carbons (Fsp3) is 0.929. The monoisotopic (exact) mass is 272 g/mol. The first-order valence-corrected chi connectivity index (χ1v) is 7.30. The van der Waals surface area contributed by atoms with E-state index in [1.54, 1.807) is 0 Å². The molecule has 0 aromatic rings. The lowest BCUT2D eigenvalue weighted by atomic mass is 10.2. The van der Waals surface area contributed by atoms with E-state index in [4.69, 9.17) is 9.84 Å². The van der Waals surface area contributed by atoms with Crippen molar-refractivity contribution in [1.29, 1.82) is 0 Å². The normalized spacial score (nSPS) is 23.4. The van der Waals surface area contributed by atoms with E-state index >= 15 is 0 Å². The van der Waals surface area contributed by atoms with Gasteiger partial charge in [-0.2, -0.15) is 0 Å². The standard InChI is InChI=1S/C14H28N2O3/c1-11(2)16(3)9-5-4-8-15-10-12-6-7-13(19-12)14(17)18/h11-13,15H,4-10H2,1-3H3,(H,17,18). The fourth-order valence-electron chi connectivity index (χ4n) is 2.17. The Bertz CT molecular complexity index is 271. The Morgan fingerprint density at radius 3 is 2.74 bits per heavy atom. The molecule has 19 heavy (non-hydrogen) atoms. The van der Waals surface area contributed by atoms with Crippen LogP contribution in [0.2, 0.25) is 0 Å². The van der Waals surface area contributed by atoms with Gasteiger partial charge < -0.3 is 20.1 Å². The smallest absolute Gasteiger partial charge is 0.332 e. The van der Waals surface area contributed by atoms with Crippen molar-refractivity contribution < 1.29 is 14.6 Å². The van der Waals surface area contributed by atoms with E-state index in [1.807, 2.05) is 0 Å². The third kappa shape index (κ3) is 6.36. The average molecular weight is 272 g/mol. The number of hydrogen-bond donors (Lipinski definition) is 2. The molecule has 0 aromatic heterocycles. The lowest BCUT2D eigenvalue weighted by molar-refractivity contribution is -0.149. The van der Waals surface area contributed by atoms with Crippen molar-refractivity contribution in [3.63, 3.8) is 0 Å². The number of carboxylic acids is 1. The van der Waals surface area contributed by atoms with E-state index in [0.717, 1.165) is 32.5 Å². The van der Waals surface area contributed by atoms with Crippen molar-refractivity contribution in [3.8, 4) is 0 Å². The van der Waals surface area contributed by atoms with Crippen LogP contribution in [0.15, 0.2) is 0 Å². The quantitative estimate of drug-likeness (QED) is 0.620. The third-order valence-electron chi connectivity index (χ3n) is 3.75. The lowest BCUT2D eigenvalue weighted by Crippen LogP contribution is -2.30. The van der Waals surface area contributed by atoms with Gasteiger partial charge in [-0.1, -0.05) is 0 Å². The highest BCUT2D eigenvalue weighted by molar-refractivity contribution is 5.72. The number of aliphatic carboxylic acids is 1. The van der Waals surface area contributed by atoms with E-state index in [0.29, 0.717) is 12.5 Å². The Morgan fingerprint density at radius 1 is 1.42 bits per heavy atom. The van der Waals surface area contributed by atoms with Crippen LogP contribution in [-0.4, -0.2) is 60.9 Å². The molecule has 0 amide bonds. The molecule has 1 heterocycles. The first kappa shape index (κ1) is 16.4. The van der Waals surface area contributed by atoms with Gasteiger partial charge in [0.2, 0.25) is 0 Å². The number of unbranched alkanes of at least 4 members (excludes halogenated alkanes) is 1. The summed E-state index contributed by atoms with van der Waals surface area (Å²) in [7, 11) is 2.15. The van der Waals surface area contributed by atoms with Crippen molar-refractivity contribution in [1.82, 2.24) is 10.2 Å². The van der Waals surface area contributed by atoms with Crippen LogP contribution < -0.4 is 5.32 Å². The molecule has 2 N–H and O–H groups in total. The molecule has 1 aliphatic rings. The zero-order chi connectivity index (χ0) is 14.3. The highest BCUT2D eigenvalue weighted by Crippen LogP contribution is 2.19. The molecule has 2 atom stereocenters. The Hall–Kier alpha value is -0.650. The van der Waals surface area contributed by atoms with Crippen molar-refractivity contribution in [2.24, 2.45) is 0 Å². The average Bonchev–Trinajstić information content (AvgIpc) is 2.82. The fourth-order valence-corrected chi connectivity index (χ4v) is 2.17. The third-order valence-corrected chi connectivity index (χ3v) is 3.75. The summed E-state index contributed by atoms with van der Waals surface area (Å²) in [6, 6.07) is 0.604. The molecule has 1 fully saturated rings. The second kappa shape index (κ2) is 8.51. The summed E-state index contributed by atoms with van der Waals surface area (Å²) in [5.74, 6) is -0.834. The van der Waals surface area contributed by atoms with Crippen molar-refractivity contribution in [2.45, 2.75) is 57.8 Å². The van der Waals surface area contributed by atoms with E-state index in [1.165, 1.54) is 6.42 Å². The van der Waals surface area contributed by atoms with Crippen LogP contribution in [-0.2, 0) is 9.53 Å². The maximum Gasteiger partial charge on any atom is 0.332 e. The highest BCUT2D eigenvalue weighted by Gasteiger charge is 2.29. The molecular weight excluding hydrogens is 244 g/mol. The largest absolute Gasteiger partial charge is 0.479 e. The molecular formula is C14H28N2O3. The van der Waals surface area contributed by atoms with Gasteiger partial charge in [-0.05, 0) is 59.7 Å². The summed E-state index contributed by atoms with van der Waals surface area (Å²) in [5.41, 5.74) is 0. The van der Waals surface area contributed by atoms with E-state index in [-0.39, 0.29) is 6.10 Å². The molecule has 5 heteroatoms. The summed E-state index contributed by atoms with van der Waals surface area (Å²) in [6.07, 6.45) is 3.30. The second-order valence-corrected chi connectivity index (χ2v) is 5.65. The molecule has 1 aliphatic heterocycles. The Kier molecular flexibility index (Phi) is 7.34. The summed E-state index contributed by atoms with van der Waals surface area (Å²) >= 11 is 0. The zero-order valence-electron chi connectivity index (χ0n) is 12.4. The predicted octanol–water partition coefficient (Wildman–Crippen LogP) is 1.33. The summed E-state index contributed by atoms with van der Waals surface area (Å²) < 4.78 is 5.43. The van der Waals surface area contributed by atoms with Gasteiger partial charge in [-0.3, -0.25) is 0 Å². The van der Waals surface area contributed by atoms with Crippen LogP contribution >= 0.6 is 0 Å². The summed E-state index contributed by atoms with van der Waals surface area (Å²) in [5, 5.41) is 12.2. The predicted molar refractivity (Wildman–Crippen MR) is 75.4 cm³/mol. The van der Waals surface area contributed by atoms with Gasteiger partial charge in [-0.15, -0.1) is 0 Å². The first-order valence-electron chi connectivity index (χ1n) is 7.30. The van der Waals surface area contributed by atoms with Crippen LogP contribution in [0.25, 0.3) is 0 Å². The van der Waals surface area contributed by atoms with E-state index in [2.05, 4.69) is 31.1 Å². The Morgan fingerprint density at radius 2 is 2.16 bits per heavy atom. The first-order chi connectivity index (χ1) is 9.00. The van der Waals surface area contributed by atoms with Crippen LogP contribution in [0, 0.1) is 0 Å². The molecule has 0 aliphatic carbocycles. The maximum atomic E-state index is 10.7. The van der Waals surface area contributed by atoms with Gasteiger partial charge in [0.15, 0.2) is 6.10 Å². The number of ether oxygens (including phenoxy) is 1. The molecule has 5 nitrogen and oxygen atoms in total. The van der Waals surface area contributed by atoms with Gasteiger partial charge in [-0.25, -0.2) is 4.79 Å². The topological polar surface area (TPSA) is 61.8 Å². The molecule has 0 aromatic carbocycles. The second-order valence-electron chi connectivity index (χ2n) is 5.65. The van der Waals surface area contributed by atoms with E-state index < -0.39 is 12.1 Å². The molecule has 2 unspecified atom stereocenters. The van der Waals surface area contributed by atoms with Crippen molar-refractivity contribution in [3.05, 3.63) is 0 Å². The van der Waals surface area contributed by atoms with Gasteiger partial charge in [0.25, 0.3) is 0 Å². The van der Waals surface area contributed by atoms with Crippen molar-refractivity contribution >= 4 is 5.97 Å². The molecule has 1 rings (SSSR count). The number of rotatable bonds is 9. The molecule has 0 spiro atoms. The molecule has 0 radical (unpaired) electrons.